The van der Waals surface area contributed by atoms with Crippen molar-refractivity contribution in [1.29, 1.82) is 0 Å². The summed E-state index contributed by atoms with van der Waals surface area (Å²) >= 11 is 0. The average Bonchev–Trinajstić information content (AvgIpc) is 2.88. The van der Waals surface area contributed by atoms with Crippen LogP contribution < -0.4 is 5.73 Å². The highest BCUT2D eigenvalue weighted by Crippen LogP contribution is 2.28. The van der Waals surface area contributed by atoms with Gasteiger partial charge in [-0.15, -0.1) is 0 Å². The summed E-state index contributed by atoms with van der Waals surface area (Å²) in [5.41, 5.74) is 5.58. The number of hydrogen-bond acceptors (Lipinski definition) is 3. The lowest BCUT2D eigenvalue weighted by atomic mass is 10.1. The maximum Gasteiger partial charge on any atom is 0.241 e. The Kier molecular flexibility index (Phi) is 2.26. The van der Waals surface area contributed by atoms with Crippen LogP contribution in [0.4, 0.5) is 0 Å². The molecule has 1 atom stereocenters. The molecule has 0 aromatic heterocycles. The van der Waals surface area contributed by atoms with Gasteiger partial charge < -0.3 is 10.6 Å². The number of rotatable bonds is 2. The molecule has 0 spiro atoms. The second-order valence-electron chi connectivity index (χ2n) is 3.99. The number of likely N-dealkylation sites (N-methyl/N-ethyl adjacent to an activating group) is 1. The fraction of sp³-hybridized carbons (Fsp3) is 0.889. The first-order valence-corrected chi connectivity index (χ1v) is 4.95. The smallest absolute Gasteiger partial charge is 0.241 e. The molecule has 74 valence electrons. The van der Waals surface area contributed by atoms with Crippen molar-refractivity contribution < 1.29 is 4.79 Å². The van der Waals surface area contributed by atoms with Gasteiger partial charge in [0.15, 0.2) is 0 Å². The fourth-order valence-electron chi connectivity index (χ4n) is 1.94. The fourth-order valence-corrected chi connectivity index (χ4v) is 1.94. The molecule has 1 amide bonds. The Bertz CT molecular complexity index is 211. The number of piperazine rings is 1. The van der Waals surface area contributed by atoms with Gasteiger partial charge in [-0.1, -0.05) is 0 Å². The molecule has 2 fully saturated rings. The Balaban J connectivity index is 2.04. The van der Waals surface area contributed by atoms with Crippen LogP contribution in [0.2, 0.25) is 0 Å². The molecule has 0 aromatic carbocycles. The SMILES string of the molecule is CN1CCN(C2CC2)C(=O)C1CN. The molecule has 1 aliphatic carbocycles. The lowest BCUT2D eigenvalue weighted by Gasteiger charge is -2.38. The second kappa shape index (κ2) is 3.27. The maximum atomic E-state index is 11.9. The van der Waals surface area contributed by atoms with Crippen LogP contribution in [0.1, 0.15) is 12.8 Å². The molecule has 0 aromatic rings. The van der Waals surface area contributed by atoms with E-state index in [1.165, 1.54) is 12.8 Å². The van der Waals surface area contributed by atoms with E-state index in [1.807, 2.05) is 11.9 Å². The lowest BCUT2D eigenvalue weighted by molar-refractivity contribution is -0.141. The van der Waals surface area contributed by atoms with E-state index in [4.69, 9.17) is 5.73 Å². The van der Waals surface area contributed by atoms with Crippen molar-refractivity contribution in [3.8, 4) is 0 Å². The zero-order valence-corrected chi connectivity index (χ0v) is 8.07. The third-order valence-corrected chi connectivity index (χ3v) is 3.00. The number of nitrogens with zero attached hydrogens (tertiary/aromatic N) is 2. The third kappa shape index (κ3) is 1.56. The summed E-state index contributed by atoms with van der Waals surface area (Å²) in [6, 6.07) is 0.463. The number of carbonyl (C=O) groups excluding carboxylic acids is 1. The summed E-state index contributed by atoms with van der Waals surface area (Å²) in [5.74, 6) is 0.235. The highest BCUT2D eigenvalue weighted by atomic mass is 16.2. The summed E-state index contributed by atoms with van der Waals surface area (Å²) in [6.45, 7) is 2.29. The van der Waals surface area contributed by atoms with Crippen molar-refractivity contribution in [2.45, 2.75) is 24.9 Å². The van der Waals surface area contributed by atoms with Gasteiger partial charge in [-0.25, -0.2) is 0 Å². The van der Waals surface area contributed by atoms with E-state index in [1.54, 1.807) is 0 Å². The van der Waals surface area contributed by atoms with Crippen molar-refractivity contribution in [3.63, 3.8) is 0 Å². The summed E-state index contributed by atoms with van der Waals surface area (Å²) in [6.07, 6.45) is 2.37. The van der Waals surface area contributed by atoms with Gasteiger partial charge in [-0.2, -0.15) is 0 Å². The van der Waals surface area contributed by atoms with Crippen LogP contribution in [-0.2, 0) is 4.79 Å². The Morgan fingerprint density at radius 1 is 1.46 bits per heavy atom. The van der Waals surface area contributed by atoms with Crippen LogP contribution >= 0.6 is 0 Å². The molecule has 0 bridgehead atoms. The number of nitrogens with two attached hydrogens (primary N) is 1. The molecule has 1 aliphatic heterocycles. The topological polar surface area (TPSA) is 49.6 Å². The minimum atomic E-state index is -0.0747. The molecule has 4 heteroatoms. The van der Waals surface area contributed by atoms with E-state index in [0.717, 1.165) is 13.1 Å². The minimum Gasteiger partial charge on any atom is -0.337 e. The molecule has 13 heavy (non-hydrogen) atoms. The molecule has 2 rings (SSSR count). The van der Waals surface area contributed by atoms with Crippen molar-refractivity contribution in [1.82, 2.24) is 9.80 Å². The van der Waals surface area contributed by atoms with E-state index in [0.29, 0.717) is 12.6 Å². The molecule has 1 unspecified atom stereocenters. The minimum absolute atomic E-state index is 0.0747. The maximum absolute atomic E-state index is 11.9. The highest BCUT2D eigenvalue weighted by Gasteiger charge is 2.39. The van der Waals surface area contributed by atoms with Crippen LogP contribution in [0.5, 0.6) is 0 Å². The van der Waals surface area contributed by atoms with Crippen LogP contribution in [0.15, 0.2) is 0 Å². The standard InChI is InChI=1S/C9H17N3O/c1-11-4-5-12(7-2-3-7)9(13)8(11)6-10/h7-8H,2-6,10H2,1H3. The van der Waals surface area contributed by atoms with E-state index in [9.17, 15) is 4.79 Å². The van der Waals surface area contributed by atoms with E-state index in [2.05, 4.69) is 4.90 Å². The number of amides is 1. The number of carbonyl (C=O) groups is 1. The molecule has 1 heterocycles. The Morgan fingerprint density at radius 3 is 2.69 bits per heavy atom. The van der Waals surface area contributed by atoms with Gasteiger partial charge in [-0.05, 0) is 19.9 Å². The molecular weight excluding hydrogens is 166 g/mol. The molecule has 0 radical (unpaired) electrons. The molecule has 1 saturated carbocycles. The molecule has 2 N–H and O–H groups in total. The van der Waals surface area contributed by atoms with Crippen LogP contribution in [0, 0.1) is 0 Å². The summed E-state index contributed by atoms with van der Waals surface area (Å²) in [5, 5.41) is 0. The van der Waals surface area contributed by atoms with Gasteiger partial charge in [0.2, 0.25) is 5.91 Å². The zero-order chi connectivity index (χ0) is 9.42. The first-order valence-electron chi connectivity index (χ1n) is 4.95. The largest absolute Gasteiger partial charge is 0.337 e. The van der Waals surface area contributed by atoms with Crippen molar-refractivity contribution in [3.05, 3.63) is 0 Å². The van der Waals surface area contributed by atoms with Crippen molar-refractivity contribution in [2.75, 3.05) is 26.7 Å². The van der Waals surface area contributed by atoms with Crippen molar-refractivity contribution >= 4 is 5.91 Å². The first-order chi connectivity index (χ1) is 6.24. The zero-order valence-electron chi connectivity index (χ0n) is 8.07. The average molecular weight is 183 g/mol. The lowest BCUT2D eigenvalue weighted by Crippen LogP contribution is -2.58. The number of hydrogen-bond donors (Lipinski definition) is 1. The summed E-state index contributed by atoms with van der Waals surface area (Å²) < 4.78 is 0. The van der Waals surface area contributed by atoms with Gasteiger partial charge in [0, 0.05) is 25.7 Å². The summed E-state index contributed by atoms with van der Waals surface area (Å²) in [4.78, 5) is 15.9. The third-order valence-electron chi connectivity index (χ3n) is 3.00. The monoisotopic (exact) mass is 183 g/mol. The van der Waals surface area contributed by atoms with Crippen LogP contribution in [0.25, 0.3) is 0 Å². The van der Waals surface area contributed by atoms with E-state index >= 15 is 0 Å². The van der Waals surface area contributed by atoms with Gasteiger partial charge in [0.1, 0.15) is 6.04 Å². The normalized spacial score (nSPS) is 31.1. The molecule has 2 aliphatic rings. The van der Waals surface area contributed by atoms with Crippen LogP contribution in [-0.4, -0.2) is 54.5 Å². The van der Waals surface area contributed by atoms with Crippen LogP contribution in [0.3, 0.4) is 0 Å². The second-order valence-corrected chi connectivity index (χ2v) is 3.99. The molecular formula is C9H17N3O. The Labute approximate surface area is 78.7 Å². The summed E-state index contributed by atoms with van der Waals surface area (Å²) in [7, 11) is 1.97. The predicted octanol–water partition coefficient (Wildman–Crippen LogP) is -0.750. The van der Waals surface area contributed by atoms with Gasteiger partial charge in [0.05, 0.1) is 0 Å². The highest BCUT2D eigenvalue weighted by molar-refractivity contribution is 5.83. The van der Waals surface area contributed by atoms with Gasteiger partial charge in [0.25, 0.3) is 0 Å². The van der Waals surface area contributed by atoms with Gasteiger partial charge >= 0.3 is 0 Å². The molecule has 1 saturated heterocycles. The van der Waals surface area contributed by atoms with Crippen molar-refractivity contribution in [2.24, 2.45) is 5.73 Å². The molecule has 4 nitrogen and oxygen atoms in total. The van der Waals surface area contributed by atoms with E-state index in [-0.39, 0.29) is 11.9 Å². The van der Waals surface area contributed by atoms with E-state index < -0.39 is 0 Å². The Morgan fingerprint density at radius 2 is 2.15 bits per heavy atom. The van der Waals surface area contributed by atoms with Gasteiger partial charge in [-0.3, -0.25) is 9.69 Å². The predicted molar refractivity (Wildman–Crippen MR) is 50.2 cm³/mol. The Hall–Kier alpha value is -0.610. The quantitative estimate of drug-likeness (QED) is 0.613. The first kappa shape index (κ1) is 8.97.